The van der Waals surface area contributed by atoms with Crippen molar-refractivity contribution in [2.24, 2.45) is 5.92 Å². The number of carbonyl (C=O) groups excluding carboxylic acids is 1. The summed E-state index contributed by atoms with van der Waals surface area (Å²) in [5.41, 5.74) is 1.84. The molecule has 1 fully saturated rings. The maximum atomic E-state index is 13.4. The third-order valence-electron chi connectivity index (χ3n) is 5.83. The Bertz CT molecular complexity index is 1060. The minimum absolute atomic E-state index is 0.0571. The molecule has 0 radical (unpaired) electrons. The number of alkyl halides is 2. The summed E-state index contributed by atoms with van der Waals surface area (Å²) in [7, 11) is 1.77. The molecule has 164 valence electrons. The van der Waals surface area contributed by atoms with Gasteiger partial charge in [0.05, 0.1) is 10.3 Å². The Balaban J connectivity index is 1.50. The van der Waals surface area contributed by atoms with Crippen LogP contribution in [0, 0.1) is 12.8 Å². The number of pyridine rings is 1. The molecule has 3 heterocycles. The van der Waals surface area contributed by atoms with Crippen LogP contribution in [0.5, 0.6) is 0 Å². The number of fused-ring (bicyclic) bond motifs is 1. The van der Waals surface area contributed by atoms with Gasteiger partial charge in [-0.3, -0.25) is 9.78 Å². The summed E-state index contributed by atoms with van der Waals surface area (Å²) >= 11 is 1.35. The molecule has 0 atom stereocenters. The highest BCUT2D eigenvalue weighted by atomic mass is 32.1. The monoisotopic (exact) mass is 445 g/mol. The maximum Gasteiger partial charge on any atom is 0.264 e. The zero-order valence-electron chi connectivity index (χ0n) is 17.6. The molecule has 1 amide bonds. The third kappa shape index (κ3) is 4.81. The number of halogens is 2. The van der Waals surface area contributed by atoms with Crippen molar-refractivity contribution in [3.05, 3.63) is 46.9 Å². The van der Waals surface area contributed by atoms with Crippen LogP contribution in [0.25, 0.3) is 10.2 Å². The van der Waals surface area contributed by atoms with Gasteiger partial charge in [0, 0.05) is 45.4 Å². The van der Waals surface area contributed by atoms with Gasteiger partial charge in [-0.1, -0.05) is 0 Å². The predicted octanol–water partition coefficient (Wildman–Crippen LogP) is 4.90. The average Bonchev–Trinajstić information content (AvgIpc) is 3.10. The van der Waals surface area contributed by atoms with E-state index in [2.05, 4.69) is 20.3 Å². The highest BCUT2D eigenvalue weighted by Crippen LogP contribution is 2.37. The zero-order valence-corrected chi connectivity index (χ0v) is 18.4. The van der Waals surface area contributed by atoms with Crippen molar-refractivity contribution in [2.75, 3.05) is 18.9 Å². The van der Waals surface area contributed by atoms with Crippen LogP contribution in [-0.2, 0) is 6.54 Å². The van der Waals surface area contributed by atoms with E-state index in [9.17, 15) is 13.6 Å². The van der Waals surface area contributed by atoms with E-state index in [0.29, 0.717) is 36.6 Å². The fraction of sp³-hybridized carbons (Fsp3) is 0.455. The fourth-order valence-corrected chi connectivity index (χ4v) is 5.11. The van der Waals surface area contributed by atoms with E-state index in [1.54, 1.807) is 24.3 Å². The molecule has 0 spiro atoms. The van der Waals surface area contributed by atoms with Gasteiger partial charge in [0.15, 0.2) is 0 Å². The van der Waals surface area contributed by atoms with E-state index in [1.165, 1.54) is 17.7 Å². The van der Waals surface area contributed by atoms with E-state index in [0.717, 1.165) is 21.3 Å². The van der Waals surface area contributed by atoms with Crippen molar-refractivity contribution in [1.29, 1.82) is 0 Å². The Labute approximate surface area is 183 Å². The smallest absolute Gasteiger partial charge is 0.264 e. The number of aromatic nitrogens is 3. The summed E-state index contributed by atoms with van der Waals surface area (Å²) in [6, 6.07) is 3.77. The number of thiophene rings is 1. The molecule has 1 aliphatic carbocycles. The molecule has 0 aliphatic heterocycles. The lowest BCUT2D eigenvalue weighted by Crippen LogP contribution is -2.28. The largest absolute Gasteiger partial charge is 0.369 e. The summed E-state index contributed by atoms with van der Waals surface area (Å²) in [6.07, 6.45) is 5.78. The van der Waals surface area contributed by atoms with Crippen LogP contribution in [0.15, 0.2) is 30.9 Å². The lowest BCUT2D eigenvalue weighted by molar-refractivity contribution is -0.0443. The quantitative estimate of drug-likeness (QED) is 0.584. The topological polar surface area (TPSA) is 71.0 Å². The van der Waals surface area contributed by atoms with Gasteiger partial charge in [-0.05, 0) is 48.9 Å². The summed E-state index contributed by atoms with van der Waals surface area (Å²) in [5, 5.41) is 4.15. The van der Waals surface area contributed by atoms with Crippen LogP contribution in [0.1, 0.15) is 46.5 Å². The molecule has 3 aromatic heterocycles. The van der Waals surface area contributed by atoms with Crippen LogP contribution >= 0.6 is 11.3 Å². The van der Waals surface area contributed by atoms with E-state index in [4.69, 9.17) is 0 Å². The summed E-state index contributed by atoms with van der Waals surface area (Å²) in [5.74, 6) is -1.75. The number of anilines is 1. The van der Waals surface area contributed by atoms with Gasteiger partial charge in [-0.25, -0.2) is 18.7 Å². The molecule has 0 bridgehead atoms. The first-order valence-corrected chi connectivity index (χ1v) is 11.2. The van der Waals surface area contributed by atoms with Gasteiger partial charge in [0.1, 0.15) is 17.0 Å². The first kappa shape index (κ1) is 21.5. The van der Waals surface area contributed by atoms with E-state index >= 15 is 0 Å². The summed E-state index contributed by atoms with van der Waals surface area (Å²) in [4.78, 5) is 28.9. The van der Waals surface area contributed by atoms with Crippen LogP contribution in [0.3, 0.4) is 0 Å². The molecule has 0 unspecified atom stereocenters. The molecular formula is C22H25F2N5OS. The molecule has 1 aliphatic rings. The number of hydrogen-bond acceptors (Lipinski definition) is 6. The molecule has 3 aromatic rings. The first-order chi connectivity index (χ1) is 14.8. The van der Waals surface area contributed by atoms with Gasteiger partial charge >= 0.3 is 0 Å². The highest BCUT2D eigenvalue weighted by molar-refractivity contribution is 7.20. The van der Waals surface area contributed by atoms with E-state index in [-0.39, 0.29) is 24.7 Å². The van der Waals surface area contributed by atoms with Crippen LogP contribution in [0.4, 0.5) is 14.6 Å². The first-order valence-electron chi connectivity index (χ1n) is 10.3. The van der Waals surface area contributed by atoms with Crippen LogP contribution in [0.2, 0.25) is 0 Å². The SMILES string of the molecule is Cc1c(C(=O)N(C)Cc2ccncc2)sc2ncnc(NCC3CCC(F)(F)CC3)c12. The van der Waals surface area contributed by atoms with E-state index < -0.39 is 5.92 Å². The Morgan fingerprint density at radius 2 is 1.97 bits per heavy atom. The molecule has 1 N–H and O–H groups in total. The lowest BCUT2D eigenvalue weighted by atomic mass is 9.87. The second-order valence-corrected chi connectivity index (χ2v) is 9.15. The van der Waals surface area contributed by atoms with Crippen molar-refractivity contribution in [3.63, 3.8) is 0 Å². The molecule has 4 rings (SSSR count). The zero-order chi connectivity index (χ0) is 22.0. The predicted molar refractivity (Wildman–Crippen MR) is 118 cm³/mol. The molecule has 0 saturated heterocycles. The number of nitrogens with one attached hydrogen (secondary N) is 1. The lowest BCUT2D eigenvalue weighted by Gasteiger charge is -2.28. The average molecular weight is 446 g/mol. The van der Waals surface area contributed by atoms with Gasteiger partial charge in [0.25, 0.3) is 5.91 Å². The van der Waals surface area contributed by atoms with Crippen molar-refractivity contribution in [3.8, 4) is 0 Å². The van der Waals surface area contributed by atoms with Crippen LogP contribution < -0.4 is 5.32 Å². The van der Waals surface area contributed by atoms with Gasteiger partial charge in [-0.15, -0.1) is 11.3 Å². The van der Waals surface area contributed by atoms with Crippen molar-refractivity contribution >= 4 is 33.3 Å². The Kier molecular flexibility index (Phi) is 6.13. The molecule has 9 heteroatoms. The Morgan fingerprint density at radius 1 is 1.26 bits per heavy atom. The van der Waals surface area contributed by atoms with Gasteiger partial charge in [0.2, 0.25) is 5.92 Å². The Hall–Kier alpha value is -2.68. The fourth-order valence-electron chi connectivity index (χ4n) is 3.96. The summed E-state index contributed by atoms with van der Waals surface area (Å²) in [6.45, 7) is 2.98. The standard InChI is InChI=1S/C22H25F2N5OS/c1-14-17-19(26-11-15-3-7-22(23,24)8-4-15)27-13-28-20(17)31-18(14)21(30)29(2)12-16-5-9-25-10-6-16/h5-6,9-10,13,15H,3-4,7-8,11-12H2,1-2H3,(H,26,27,28). The van der Waals surface area contributed by atoms with Crippen molar-refractivity contribution in [1.82, 2.24) is 19.9 Å². The Morgan fingerprint density at radius 3 is 2.68 bits per heavy atom. The maximum absolute atomic E-state index is 13.4. The number of hydrogen-bond donors (Lipinski definition) is 1. The second kappa shape index (κ2) is 8.82. The molecule has 0 aromatic carbocycles. The summed E-state index contributed by atoms with van der Waals surface area (Å²) < 4.78 is 26.8. The van der Waals surface area contributed by atoms with Crippen LogP contribution in [-0.4, -0.2) is 45.3 Å². The molecule has 31 heavy (non-hydrogen) atoms. The minimum Gasteiger partial charge on any atom is -0.369 e. The highest BCUT2D eigenvalue weighted by Gasteiger charge is 2.34. The minimum atomic E-state index is -2.53. The van der Waals surface area contributed by atoms with Crippen molar-refractivity contribution in [2.45, 2.75) is 45.1 Å². The number of amides is 1. The van der Waals surface area contributed by atoms with Gasteiger partial charge < -0.3 is 10.2 Å². The number of nitrogens with zero attached hydrogens (tertiary/aromatic N) is 4. The third-order valence-corrected chi connectivity index (χ3v) is 7.02. The van der Waals surface area contributed by atoms with Gasteiger partial charge in [-0.2, -0.15) is 0 Å². The normalized spacial score (nSPS) is 16.4. The number of aryl methyl sites for hydroxylation is 1. The number of rotatable bonds is 6. The van der Waals surface area contributed by atoms with Crippen molar-refractivity contribution < 1.29 is 13.6 Å². The number of carbonyl (C=O) groups is 1. The molecular weight excluding hydrogens is 420 g/mol. The van der Waals surface area contributed by atoms with E-state index in [1.807, 2.05) is 19.1 Å². The second-order valence-electron chi connectivity index (χ2n) is 8.16. The molecule has 1 saturated carbocycles. The molecule has 6 nitrogen and oxygen atoms in total.